The predicted octanol–water partition coefficient (Wildman–Crippen LogP) is 0.690. The molecule has 0 aliphatic carbocycles. The van der Waals surface area contributed by atoms with Crippen molar-refractivity contribution in [3.8, 4) is 0 Å². The summed E-state index contributed by atoms with van der Waals surface area (Å²) in [6.45, 7) is 3.02. The fourth-order valence-corrected chi connectivity index (χ4v) is 0.440. The molecule has 54 valence electrons. The maximum atomic E-state index is 9.71. The van der Waals surface area contributed by atoms with Gasteiger partial charge >= 0.3 is 0 Å². The summed E-state index contributed by atoms with van der Waals surface area (Å²) in [5.41, 5.74) is 0. The Kier molecular flexibility index (Phi) is 5.11. The second-order valence-electron chi connectivity index (χ2n) is 1.61. The van der Waals surface area contributed by atoms with E-state index < -0.39 is 0 Å². The summed E-state index contributed by atoms with van der Waals surface area (Å²) < 4.78 is 4.88. The second kappa shape index (κ2) is 5.50. The molecule has 0 aromatic heterocycles. The van der Waals surface area contributed by atoms with Crippen molar-refractivity contribution < 1.29 is 9.66 Å². The lowest BCUT2D eigenvalue weighted by Crippen LogP contribution is -2.04. The lowest BCUT2D eigenvalue weighted by Gasteiger charge is -1.94. The molecule has 0 bridgehead atoms. The Morgan fingerprint density at radius 3 is 2.78 bits per heavy atom. The average Bonchev–Trinajstić information content (AvgIpc) is 1.80. The van der Waals surface area contributed by atoms with Crippen LogP contribution < -0.4 is 0 Å². The van der Waals surface area contributed by atoms with Crippen LogP contribution in [0, 0.1) is 10.1 Å². The van der Waals surface area contributed by atoms with Crippen molar-refractivity contribution in [2.75, 3.05) is 19.8 Å². The number of nitrogens with zero attached hydrogens (tertiary/aromatic N) is 1. The summed E-state index contributed by atoms with van der Waals surface area (Å²) in [6.07, 6.45) is 0.515. The molecule has 0 aromatic rings. The SMILES string of the molecule is CCOCCC[N+](=O)[O-]. The number of hydrogen-bond acceptors (Lipinski definition) is 3. The van der Waals surface area contributed by atoms with Crippen LogP contribution in [0.5, 0.6) is 0 Å². The first kappa shape index (κ1) is 8.36. The first-order valence-corrected chi connectivity index (χ1v) is 2.97. The van der Waals surface area contributed by atoms with Gasteiger partial charge in [-0.2, -0.15) is 0 Å². The van der Waals surface area contributed by atoms with Crippen molar-refractivity contribution in [3.63, 3.8) is 0 Å². The van der Waals surface area contributed by atoms with Crippen molar-refractivity contribution >= 4 is 0 Å². The highest BCUT2D eigenvalue weighted by Gasteiger charge is 1.94. The molecule has 0 rings (SSSR count). The minimum absolute atomic E-state index is 0.0139. The Morgan fingerprint density at radius 2 is 2.33 bits per heavy atom. The second-order valence-corrected chi connectivity index (χ2v) is 1.61. The highest BCUT2D eigenvalue weighted by atomic mass is 16.6. The molecule has 0 aliphatic heterocycles. The quantitative estimate of drug-likeness (QED) is 0.315. The van der Waals surface area contributed by atoms with E-state index in [1.54, 1.807) is 0 Å². The zero-order valence-corrected chi connectivity index (χ0v) is 5.50. The number of hydrogen-bond donors (Lipinski definition) is 0. The van der Waals surface area contributed by atoms with E-state index in [-0.39, 0.29) is 11.5 Å². The van der Waals surface area contributed by atoms with E-state index in [0.717, 1.165) is 0 Å². The van der Waals surface area contributed by atoms with Gasteiger partial charge in [0.15, 0.2) is 0 Å². The van der Waals surface area contributed by atoms with E-state index in [4.69, 9.17) is 4.74 Å². The Bertz CT molecular complexity index is 84.3. The van der Waals surface area contributed by atoms with Crippen molar-refractivity contribution in [2.24, 2.45) is 0 Å². The summed E-state index contributed by atoms with van der Waals surface area (Å²) in [5.74, 6) is 0. The van der Waals surface area contributed by atoms with Crippen LogP contribution in [0.25, 0.3) is 0 Å². The molecule has 0 radical (unpaired) electrons. The maximum Gasteiger partial charge on any atom is 0.206 e. The van der Waals surface area contributed by atoms with E-state index in [9.17, 15) is 10.1 Å². The molecule has 4 nitrogen and oxygen atoms in total. The van der Waals surface area contributed by atoms with E-state index in [1.165, 1.54) is 0 Å². The van der Waals surface area contributed by atoms with Gasteiger partial charge in [-0.1, -0.05) is 0 Å². The minimum Gasteiger partial charge on any atom is -0.381 e. The fourth-order valence-electron chi connectivity index (χ4n) is 0.440. The summed E-state index contributed by atoms with van der Waals surface area (Å²) in [7, 11) is 0. The third-order valence-electron chi connectivity index (χ3n) is 0.833. The summed E-state index contributed by atoms with van der Waals surface area (Å²) in [4.78, 5) is 9.38. The van der Waals surface area contributed by atoms with Gasteiger partial charge in [-0.25, -0.2) is 0 Å². The Labute approximate surface area is 54.0 Å². The molecule has 0 heterocycles. The van der Waals surface area contributed by atoms with E-state index in [1.807, 2.05) is 6.92 Å². The zero-order chi connectivity index (χ0) is 7.11. The number of ether oxygens (including phenoxy) is 1. The van der Waals surface area contributed by atoms with Crippen LogP contribution in [0.3, 0.4) is 0 Å². The van der Waals surface area contributed by atoms with Crippen LogP contribution in [0.15, 0.2) is 0 Å². The molecule has 0 spiro atoms. The molecule has 0 fully saturated rings. The lowest BCUT2D eigenvalue weighted by molar-refractivity contribution is -0.480. The van der Waals surface area contributed by atoms with Crippen molar-refractivity contribution in [3.05, 3.63) is 10.1 Å². The van der Waals surface area contributed by atoms with E-state index >= 15 is 0 Å². The van der Waals surface area contributed by atoms with Crippen LogP contribution in [0.2, 0.25) is 0 Å². The van der Waals surface area contributed by atoms with Crippen molar-refractivity contribution in [2.45, 2.75) is 13.3 Å². The van der Waals surface area contributed by atoms with Crippen LogP contribution in [0.1, 0.15) is 13.3 Å². The summed E-state index contributed by atoms with van der Waals surface area (Å²) in [5, 5.41) is 9.71. The normalized spacial score (nSPS) is 9.44. The smallest absolute Gasteiger partial charge is 0.206 e. The van der Waals surface area contributed by atoms with Crippen molar-refractivity contribution in [1.29, 1.82) is 0 Å². The molecule has 0 N–H and O–H groups in total. The van der Waals surface area contributed by atoms with Gasteiger partial charge in [-0.05, 0) is 6.92 Å². The topological polar surface area (TPSA) is 52.4 Å². The fraction of sp³-hybridized carbons (Fsp3) is 1.00. The molecular formula is C5H11NO3. The van der Waals surface area contributed by atoms with Gasteiger partial charge in [0, 0.05) is 18.0 Å². The third kappa shape index (κ3) is 7.36. The Balaban J connectivity index is 2.83. The number of nitro groups is 1. The first-order chi connectivity index (χ1) is 4.27. The molecule has 0 aromatic carbocycles. The maximum absolute atomic E-state index is 9.71. The number of rotatable bonds is 5. The van der Waals surface area contributed by atoms with E-state index in [2.05, 4.69) is 0 Å². The summed E-state index contributed by atoms with van der Waals surface area (Å²) >= 11 is 0. The molecule has 0 saturated carbocycles. The monoisotopic (exact) mass is 133 g/mol. The molecular weight excluding hydrogens is 122 g/mol. The average molecular weight is 133 g/mol. The molecule has 0 aliphatic rings. The largest absolute Gasteiger partial charge is 0.381 e. The standard InChI is InChI=1S/C5H11NO3/c1-2-9-5-3-4-6(7)8/h2-5H2,1H3. The lowest BCUT2D eigenvalue weighted by atomic mass is 10.5. The predicted molar refractivity (Wildman–Crippen MR) is 33.0 cm³/mol. The van der Waals surface area contributed by atoms with Crippen molar-refractivity contribution in [1.82, 2.24) is 0 Å². The van der Waals surface area contributed by atoms with Crippen LogP contribution >= 0.6 is 0 Å². The molecule has 9 heavy (non-hydrogen) atoms. The third-order valence-corrected chi connectivity index (χ3v) is 0.833. The van der Waals surface area contributed by atoms with Crippen LogP contribution in [-0.4, -0.2) is 24.7 Å². The van der Waals surface area contributed by atoms with Gasteiger partial charge < -0.3 is 4.74 Å². The van der Waals surface area contributed by atoms with Gasteiger partial charge in [0.05, 0.1) is 6.61 Å². The highest BCUT2D eigenvalue weighted by molar-refractivity contribution is 4.30. The van der Waals surface area contributed by atoms with Gasteiger partial charge in [-0.15, -0.1) is 0 Å². The summed E-state index contributed by atoms with van der Waals surface area (Å²) in [6, 6.07) is 0. The first-order valence-electron chi connectivity index (χ1n) is 2.97. The zero-order valence-electron chi connectivity index (χ0n) is 5.50. The van der Waals surface area contributed by atoms with Crippen LogP contribution in [-0.2, 0) is 4.74 Å². The highest BCUT2D eigenvalue weighted by Crippen LogP contribution is 1.81. The molecule has 0 unspecified atom stereocenters. The molecule has 4 heteroatoms. The minimum atomic E-state index is -0.334. The van der Waals surface area contributed by atoms with Gasteiger partial charge in [0.1, 0.15) is 0 Å². The Hall–Kier alpha value is -0.640. The van der Waals surface area contributed by atoms with Crippen LogP contribution in [0.4, 0.5) is 0 Å². The Morgan fingerprint density at radius 1 is 1.67 bits per heavy atom. The molecule has 0 amide bonds. The van der Waals surface area contributed by atoms with Gasteiger partial charge in [-0.3, -0.25) is 10.1 Å². The molecule has 0 saturated heterocycles. The van der Waals surface area contributed by atoms with E-state index in [0.29, 0.717) is 19.6 Å². The van der Waals surface area contributed by atoms with Gasteiger partial charge in [0.2, 0.25) is 6.54 Å². The van der Waals surface area contributed by atoms with Gasteiger partial charge in [0.25, 0.3) is 0 Å². The molecule has 0 atom stereocenters.